The second-order valence-corrected chi connectivity index (χ2v) is 9.33. The van der Waals surface area contributed by atoms with Gasteiger partial charge in [0.2, 0.25) is 0 Å². The molecule has 1 N–H and O–H groups in total. The molecule has 1 fully saturated rings. The minimum atomic E-state index is -3.07. The summed E-state index contributed by atoms with van der Waals surface area (Å²) in [7, 11) is -3.07. The van der Waals surface area contributed by atoms with Gasteiger partial charge >= 0.3 is 0 Å². The van der Waals surface area contributed by atoms with Crippen LogP contribution >= 0.6 is 0 Å². The van der Waals surface area contributed by atoms with Gasteiger partial charge in [0.1, 0.15) is 0 Å². The molecule has 0 aliphatic carbocycles. The molecule has 1 aromatic heterocycles. The van der Waals surface area contributed by atoms with Gasteiger partial charge in [-0.05, 0) is 37.1 Å². The van der Waals surface area contributed by atoms with Crippen molar-refractivity contribution in [2.45, 2.75) is 19.4 Å². The zero-order chi connectivity index (χ0) is 19.7. The Morgan fingerprint density at radius 2 is 1.82 bits per heavy atom. The Balaban J connectivity index is 1.71. The van der Waals surface area contributed by atoms with Crippen LogP contribution in [0.3, 0.4) is 0 Å². The minimum absolute atomic E-state index is 0.0489. The van der Waals surface area contributed by atoms with Crippen LogP contribution in [-0.4, -0.2) is 35.6 Å². The summed E-state index contributed by atoms with van der Waals surface area (Å²) in [6, 6.07) is 18.5. The lowest BCUT2D eigenvalue weighted by Crippen LogP contribution is -2.16. The van der Waals surface area contributed by atoms with Crippen LogP contribution in [0.15, 0.2) is 60.7 Å². The number of hydrogen-bond donors (Lipinski definition) is 1. The first-order valence-electron chi connectivity index (χ1n) is 9.15. The van der Waals surface area contributed by atoms with E-state index >= 15 is 0 Å². The fourth-order valence-electron chi connectivity index (χ4n) is 3.41. The molecule has 1 unspecified atom stereocenters. The topological polar surface area (TPSA) is 81.1 Å². The molecule has 0 bridgehead atoms. The Bertz CT molecular complexity index is 1100. The third kappa shape index (κ3) is 3.84. The lowest BCUT2D eigenvalue weighted by molar-refractivity contribution is 0.102. The maximum atomic E-state index is 12.7. The second-order valence-electron chi connectivity index (χ2n) is 7.10. The van der Waals surface area contributed by atoms with Gasteiger partial charge in [-0.1, -0.05) is 48.0 Å². The molecule has 6 nitrogen and oxygen atoms in total. The third-order valence-electron chi connectivity index (χ3n) is 4.90. The number of hydrogen-bond acceptors (Lipinski definition) is 4. The van der Waals surface area contributed by atoms with Crippen molar-refractivity contribution >= 4 is 21.4 Å². The number of amides is 1. The Hall–Kier alpha value is -2.93. The van der Waals surface area contributed by atoms with E-state index < -0.39 is 9.84 Å². The Morgan fingerprint density at radius 3 is 2.46 bits per heavy atom. The molecule has 1 saturated heterocycles. The van der Waals surface area contributed by atoms with E-state index in [1.807, 2.05) is 49.4 Å². The molecule has 0 radical (unpaired) electrons. The summed E-state index contributed by atoms with van der Waals surface area (Å²) in [6.07, 6.45) is 0.503. The van der Waals surface area contributed by atoms with E-state index in [-0.39, 0.29) is 29.1 Å². The van der Waals surface area contributed by atoms with E-state index in [9.17, 15) is 13.2 Å². The largest absolute Gasteiger partial charge is 0.321 e. The highest BCUT2D eigenvalue weighted by Crippen LogP contribution is 2.30. The average molecular weight is 395 g/mol. The summed E-state index contributed by atoms with van der Waals surface area (Å²) in [5.41, 5.74) is 3.73. The maximum absolute atomic E-state index is 12.7. The number of sulfone groups is 1. The van der Waals surface area contributed by atoms with Gasteiger partial charge in [-0.3, -0.25) is 9.48 Å². The summed E-state index contributed by atoms with van der Waals surface area (Å²) >= 11 is 0. The standard InChI is InChI=1S/C21H21N3O3S/c1-15-7-9-16(10-8-15)20-13-19(21(25)22-17-5-3-2-4-6-17)23-24(20)18-11-12-28(26,27)14-18/h2-10,13,18H,11-12,14H2,1H3,(H,22,25). The number of carbonyl (C=O) groups excluding carboxylic acids is 1. The highest BCUT2D eigenvalue weighted by atomic mass is 32.2. The van der Waals surface area contributed by atoms with Crippen molar-refractivity contribution < 1.29 is 13.2 Å². The summed E-state index contributed by atoms with van der Waals surface area (Å²) in [6.45, 7) is 2.00. The fourth-order valence-corrected chi connectivity index (χ4v) is 5.10. The average Bonchev–Trinajstić information content (AvgIpc) is 3.27. The second kappa shape index (κ2) is 7.24. The van der Waals surface area contributed by atoms with E-state index in [2.05, 4.69) is 10.4 Å². The number of nitrogens with one attached hydrogen (secondary N) is 1. The number of benzene rings is 2. The van der Waals surface area contributed by atoms with Crippen molar-refractivity contribution in [3.05, 3.63) is 71.9 Å². The molecule has 0 saturated carbocycles. The van der Waals surface area contributed by atoms with Crippen molar-refractivity contribution in [1.29, 1.82) is 0 Å². The number of nitrogens with zero attached hydrogens (tertiary/aromatic N) is 2. The monoisotopic (exact) mass is 395 g/mol. The molecule has 3 aromatic rings. The number of anilines is 1. The Morgan fingerprint density at radius 1 is 1.11 bits per heavy atom. The molecule has 4 rings (SSSR count). The molecule has 7 heteroatoms. The van der Waals surface area contributed by atoms with E-state index in [1.165, 1.54) is 0 Å². The molecule has 1 aliphatic heterocycles. The smallest absolute Gasteiger partial charge is 0.276 e. The first-order chi connectivity index (χ1) is 13.4. The van der Waals surface area contributed by atoms with Gasteiger partial charge in [0.05, 0.1) is 23.2 Å². The van der Waals surface area contributed by atoms with Crippen molar-refractivity contribution in [1.82, 2.24) is 9.78 Å². The Kier molecular flexibility index (Phi) is 4.77. The SMILES string of the molecule is Cc1ccc(-c2cc(C(=O)Nc3ccccc3)nn2C2CCS(=O)(=O)C2)cc1. The highest BCUT2D eigenvalue weighted by Gasteiger charge is 2.32. The van der Waals surface area contributed by atoms with Gasteiger partial charge < -0.3 is 5.32 Å². The predicted octanol–water partition coefficient (Wildman–Crippen LogP) is 3.47. The minimum Gasteiger partial charge on any atom is -0.321 e. The summed E-state index contributed by atoms with van der Waals surface area (Å²) in [4.78, 5) is 12.7. The molecule has 1 aliphatic rings. The number of rotatable bonds is 4. The Labute approximate surface area is 164 Å². The van der Waals surface area contributed by atoms with Crippen LogP contribution in [0.25, 0.3) is 11.3 Å². The molecule has 1 atom stereocenters. The quantitative estimate of drug-likeness (QED) is 0.733. The number of carbonyl (C=O) groups is 1. The highest BCUT2D eigenvalue weighted by molar-refractivity contribution is 7.91. The van der Waals surface area contributed by atoms with E-state index in [1.54, 1.807) is 22.9 Å². The first-order valence-corrected chi connectivity index (χ1v) is 11.0. The van der Waals surface area contributed by atoms with Gasteiger partial charge in [-0.2, -0.15) is 5.10 Å². The van der Waals surface area contributed by atoms with Crippen LogP contribution in [0.5, 0.6) is 0 Å². The molecule has 144 valence electrons. The molecular weight excluding hydrogens is 374 g/mol. The van der Waals surface area contributed by atoms with Crippen molar-refractivity contribution in [3.8, 4) is 11.3 Å². The molecular formula is C21H21N3O3S. The molecule has 0 spiro atoms. The number of aromatic nitrogens is 2. The molecule has 2 aromatic carbocycles. The van der Waals surface area contributed by atoms with Gasteiger partial charge in [0, 0.05) is 5.69 Å². The van der Waals surface area contributed by atoms with Gasteiger partial charge in [0.25, 0.3) is 5.91 Å². The third-order valence-corrected chi connectivity index (χ3v) is 6.65. The van der Waals surface area contributed by atoms with Gasteiger partial charge in [0.15, 0.2) is 15.5 Å². The normalized spacial score (nSPS) is 18.1. The molecule has 28 heavy (non-hydrogen) atoms. The number of para-hydroxylation sites is 1. The maximum Gasteiger partial charge on any atom is 0.276 e. The van der Waals surface area contributed by atoms with Crippen molar-refractivity contribution in [2.24, 2.45) is 0 Å². The lowest BCUT2D eigenvalue weighted by atomic mass is 10.1. The van der Waals surface area contributed by atoms with Crippen molar-refractivity contribution in [3.63, 3.8) is 0 Å². The van der Waals surface area contributed by atoms with Crippen LogP contribution in [-0.2, 0) is 9.84 Å². The van der Waals surface area contributed by atoms with Crippen LogP contribution in [0, 0.1) is 6.92 Å². The molecule has 2 heterocycles. The fraction of sp³-hybridized carbons (Fsp3) is 0.238. The van der Waals surface area contributed by atoms with Crippen LogP contribution in [0.4, 0.5) is 5.69 Å². The summed E-state index contributed by atoms with van der Waals surface area (Å²) in [5.74, 6) is -0.122. The van der Waals surface area contributed by atoms with Crippen LogP contribution < -0.4 is 5.32 Å². The van der Waals surface area contributed by atoms with Gasteiger partial charge in [-0.25, -0.2) is 8.42 Å². The zero-order valence-electron chi connectivity index (χ0n) is 15.5. The zero-order valence-corrected chi connectivity index (χ0v) is 16.3. The van der Waals surface area contributed by atoms with E-state index in [0.717, 1.165) is 16.8 Å². The van der Waals surface area contributed by atoms with Gasteiger partial charge in [-0.15, -0.1) is 0 Å². The first kappa shape index (κ1) is 18.4. The number of aryl methyl sites for hydroxylation is 1. The van der Waals surface area contributed by atoms with E-state index in [4.69, 9.17) is 0 Å². The van der Waals surface area contributed by atoms with Crippen molar-refractivity contribution in [2.75, 3.05) is 16.8 Å². The summed E-state index contributed by atoms with van der Waals surface area (Å²) < 4.78 is 25.6. The van der Waals surface area contributed by atoms with Crippen LogP contribution in [0.2, 0.25) is 0 Å². The summed E-state index contributed by atoms with van der Waals surface area (Å²) in [5, 5.41) is 7.33. The van der Waals surface area contributed by atoms with E-state index in [0.29, 0.717) is 12.1 Å². The van der Waals surface area contributed by atoms with Crippen LogP contribution in [0.1, 0.15) is 28.5 Å². The molecule has 1 amide bonds. The predicted molar refractivity (Wildman–Crippen MR) is 109 cm³/mol. The lowest BCUT2D eigenvalue weighted by Gasteiger charge is -2.13.